The highest BCUT2D eigenvalue weighted by atomic mass is 16.4. The molecule has 2 saturated heterocycles. The van der Waals surface area contributed by atoms with Gasteiger partial charge in [0, 0.05) is 129 Å². The number of carboxylic acid groups (broad SMARTS) is 5. The van der Waals surface area contributed by atoms with Gasteiger partial charge in [-0.25, -0.2) is 0 Å². The number of aliphatic carboxylic acids is 5. The maximum absolute atomic E-state index is 12.5. The number of Topliss-reactive ketones (excluding diaryl/α,β-unsaturated/α-hetero) is 2. The van der Waals surface area contributed by atoms with Gasteiger partial charge >= 0.3 is 66.8 Å². The number of nitrogens with zero attached hydrogens (tertiary/aromatic N) is 14. The minimum Gasteiger partial charge on any atom is -0.480 e. The van der Waals surface area contributed by atoms with Crippen LogP contribution in [0.5, 0.6) is 0 Å². The molecule has 0 atom stereocenters. The van der Waals surface area contributed by atoms with Crippen LogP contribution >= 0.6 is 0 Å². The molecule has 2 aliphatic rings. The van der Waals surface area contributed by atoms with Gasteiger partial charge in [0.1, 0.15) is 0 Å². The van der Waals surface area contributed by atoms with Crippen LogP contribution in [0.15, 0.2) is 0 Å². The van der Waals surface area contributed by atoms with Crippen molar-refractivity contribution in [3.05, 3.63) is 0 Å². The summed E-state index contributed by atoms with van der Waals surface area (Å²) in [6, 6.07) is 0. The summed E-state index contributed by atoms with van der Waals surface area (Å²) in [6.07, 6.45) is 1.50. The Hall–Kier alpha value is -7.59. The first-order valence-electron chi connectivity index (χ1n) is 34.3. The average molecular weight is 1540 g/mol. The quantitative estimate of drug-likeness (QED) is 0.0559. The third-order valence-corrected chi connectivity index (χ3v) is 14.7. The first-order valence-corrected chi connectivity index (χ1v) is 34.3. The van der Waals surface area contributed by atoms with Crippen LogP contribution in [0, 0.1) is 22.7 Å². The normalized spacial score (nSPS) is 14.7. The Morgan fingerprint density at radius 3 is 0.879 bits per heavy atom. The molecule has 0 bridgehead atoms. The number of ketones is 2. The van der Waals surface area contributed by atoms with E-state index in [0.29, 0.717) is 38.3 Å². The highest BCUT2D eigenvalue weighted by Crippen LogP contribution is 2.17. The molecule has 0 unspecified atom stereocenters. The summed E-state index contributed by atoms with van der Waals surface area (Å²) in [5.74, 6) is -3.03. The Labute approximate surface area is 633 Å². The van der Waals surface area contributed by atoms with Crippen molar-refractivity contribution in [3.63, 3.8) is 0 Å². The zero-order valence-electron chi connectivity index (χ0n) is 66.5. The lowest BCUT2D eigenvalue weighted by Gasteiger charge is -2.33. The molecule has 0 aromatic heterocycles. The number of carbonyl (C=O) groups is 7. The number of carbonyl (C=O) groups excluding carboxylic acids is 14. The van der Waals surface area contributed by atoms with Gasteiger partial charge in [0.25, 0.3) is 0 Å². The van der Waals surface area contributed by atoms with E-state index >= 15 is 0 Å². The zero-order valence-corrected chi connectivity index (χ0v) is 66.5. The molecular formula is C69H132N14O24. The van der Waals surface area contributed by atoms with Crippen LogP contribution in [-0.2, 0) is 91.1 Å². The van der Waals surface area contributed by atoms with Crippen molar-refractivity contribution in [3.8, 4) is 0 Å². The standard InChI is InChI=1S/C19H38N4O3.C17H36N4O2.C14H27N3O5.C12H27N3O2.6CO2.CH4/c1-6-21-9-7-20(5)8-10-22(15-17(24)19(2,3)4)13-14-23(12-11-21)16-18(25)26;1-5-19-8-6-18(4)7-9-20(14-16(2)3)12-13-21(11-10-19)15-17(22)23;1-14(2,3)11(18)6-17(9-15(4)5)10-16(7-12(19)20)8-13(21)22;1-6-14(8-12(16)17)10-15(7-11(2)3)9-13(4)5;6*2-1-3;/h6-16H2,1-5H3,(H,25,26);16H,5-15H2,1-4H3,(H,22,23);6-10H2,1-5H3,(H,19,20)(H,21,22);11H,6-10H2,1-5H3,(H,16,17);;;;;;;1H4. The zero-order chi connectivity index (χ0) is 84.1. The van der Waals surface area contributed by atoms with Gasteiger partial charge in [-0.05, 0) is 73.8 Å². The van der Waals surface area contributed by atoms with E-state index in [2.05, 4.69) is 99.7 Å². The molecular weight excluding hydrogens is 1410 g/mol. The molecule has 2 aliphatic heterocycles. The molecule has 0 aliphatic carbocycles. The fourth-order valence-electron chi connectivity index (χ4n) is 9.52. The smallest absolute Gasteiger partial charge is 0.373 e. The molecule has 622 valence electrons. The molecule has 107 heavy (non-hydrogen) atoms. The second-order valence-corrected chi connectivity index (χ2v) is 27.7. The van der Waals surface area contributed by atoms with Crippen LogP contribution in [-0.4, -0.2) is 425 Å². The SMILES string of the molecule is C.CCN(CC(=O)O)CN(CC(C)C)CN(C)C.CCN1CCN(C)CCN(CC(=O)C(C)(C)C)CCN(CC(=O)O)CC1.CCN1CCN(C)CCN(CC(C)C)CCN(CC(=O)O)CC1.CN(C)CN(CC(=O)C(C)(C)C)CN(CC(=O)O)CC(=O)O.O=C=O.O=C=O.O=C=O.O=C=O.O=C=O.O=C=O. The molecule has 0 radical (unpaired) electrons. The number of likely N-dealkylation sites (N-methyl/N-ethyl adjacent to an activating group) is 5. The Balaban J connectivity index is -0.000000159. The molecule has 38 nitrogen and oxygen atoms in total. The lowest BCUT2D eigenvalue weighted by atomic mass is 9.90. The van der Waals surface area contributed by atoms with Crippen molar-refractivity contribution < 1.29 is 117 Å². The van der Waals surface area contributed by atoms with Crippen molar-refractivity contribution >= 4 is 78.3 Å². The molecule has 0 saturated carbocycles. The van der Waals surface area contributed by atoms with E-state index in [1.807, 2.05) is 91.4 Å². The van der Waals surface area contributed by atoms with Gasteiger partial charge in [0.2, 0.25) is 0 Å². The summed E-state index contributed by atoms with van der Waals surface area (Å²) in [6.45, 7) is 48.0. The van der Waals surface area contributed by atoms with Crippen molar-refractivity contribution in [1.29, 1.82) is 0 Å². The lowest BCUT2D eigenvalue weighted by Crippen LogP contribution is -2.48. The largest absolute Gasteiger partial charge is 0.480 e. The van der Waals surface area contributed by atoms with Crippen LogP contribution in [0.1, 0.15) is 97.4 Å². The van der Waals surface area contributed by atoms with Gasteiger partial charge in [-0.3, -0.25) is 77.7 Å². The second kappa shape index (κ2) is 75.2. The molecule has 5 N–H and O–H groups in total. The Morgan fingerprint density at radius 2 is 0.607 bits per heavy atom. The van der Waals surface area contributed by atoms with Crippen LogP contribution in [0.3, 0.4) is 0 Å². The van der Waals surface area contributed by atoms with Crippen LogP contribution in [0.25, 0.3) is 0 Å². The predicted octanol–water partition coefficient (Wildman–Crippen LogP) is -1.03. The van der Waals surface area contributed by atoms with Gasteiger partial charge < -0.3 is 50.0 Å². The van der Waals surface area contributed by atoms with E-state index in [1.54, 1.807) is 4.90 Å². The van der Waals surface area contributed by atoms with E-state index in [4.69, 9.17) is 78.0 Å². The van der Waals surface area contributed by atoms with Gasteiger partial charge in [0.15, 0.2) is 11.6 Å². The van der Waals surface area contributed by atoms with Crippen molar-refractivity contribution in [1.82, 2.24) is 68.6 Å². The summed E-state index contributed by atoms with van der Waals surface area (Å²) in [7, 11) is 12.0. The topological polar surface area (TPSA) is 471 Å². The van der Waals surface area contributed by atoms with E-state index in [9.17, 15) is 38.7 Å². The molecule has 2 fully saturated rings. The van der Waals surface area contributed by atoms with E-state index in [1.165, 1.54) is 4.90 Å². The fourth-order valence-corrected chi connectivity index (χ4v) is 9.52. The number of hydrogen-bond acceptors (Lipinski definition) is 33. The molecule has 0 amide bonds. The van der Waals surface area contributed by atoms with Gasteiger partial charge in [-0.1, -0.05) is 97.4 Å². The van der Waals surface area contributed by atoms with E-state index in [-0.39, 0.29) is 107 Å². The highest BCUT2D eigenvalue weighted by molar-refractivity contribution is 5.86. The monoisotopic (exact) mass is 1540 g/mol. The first kappa shape index (κ1) is 118. The molecule has 0 aromatic rings. The van der Waals surface area contributed by atoms with Gasteiger partial charge in [0.05, 0.1) is 72.5 Å². The number of carboxylic acids is 5. The molecule has 2 heterocycles. The van der Waals surface area contributed by atoms with Gasteiger partial charge in [-0.2, -0.15) is 57.5 Å². The lowest BCUT2D eigenvalue weighted by molar-refractivity contribution is -0.193. The number of hydrogen-bond donors (Lipinski definition) is 5. The van der Waals surface area contributed by atoms with Crippen LogP contribution in [0.4, 0.5) is 0 Å². The van der Waals surface area contributed by atoms with Crippen molar-refractivity contribution in [2.45, 2.75) is 97.4 Å². The Bertz CT molecular complexity index is 2420. The van der Waals surface area contributed by atoms with Crippen molar-refractivity contribution in [2.75, 3.05) is 252 Å². The molecule has 0 aromatic carbocycles. The highest BCUT2D eigenvalue weighted by Gasteiger charge is 2.28. The summed E-state index contributed by atoms with van der Waals surface area (Å²) in [4.78, 5) is 206. The second-order valence-electron chi connectivity index (χ2n) is 27.7. The minimum absolute atomic E-state index is 0. The van der Waals surface area contributed by atoms with Crippen LogP contribution < -0.4 is 0 Å². The van der Waals surface area contributed by atoms with Gasteiger partial charge in [-0.15, -0.1) is 0 Å². The maximum Gasteiger partial charge on any atom is 0.373 e. The average Bonchev–Trinajstić information content (AvgIpc) is 0.873. The fraction of sp³-hybridized carbons (Fsp3) is 0.812. The molecule has 0 spiro atoms. The van der Waals surface area contributed by atoms with E-state index in [0.717, 1.165) is 138 Å². The Kier molecular flexibility index (Phi) is 82.8. The van der Waals surface area contributed by atoms with Crippen molar-refractivity contribution in [2.24, 2.45) is 22.7 Å². The summed E-state index contributed by atoms with van der Waals surface area (Å²) in [5, 5.41) is 44.9. The third kappa shape index (κ3) is 87.2. The minimum atomic E-state index is -1.10. The summed E-state index contributed by atoms with van der Waals surface area (Å²) in [5.41, 5.74) is -0.854. The molecule has 2 rings (SSSR count). The number of rotatable bonds is 29. The predicted molar refractivity (Wildman–Crippen MR) is 388 cm³/mol. The van der Waals surface area contributed by atoms with E-state index < -0.39 is 35.3 Å². The Morgan fingerprint density at radius 1 is 0.346 bits per heavy atom. The third-order valence-electron chi connectivity index (χ3n) is 14.7. The summed E-state index contributed by atoms with van der Waals surface area (Å²) >= 11 is 0. The van der Waals surface area contributed by atoms with Crippen LogP contribution in [0.2, 0.25) is 0 Å². The summed E-state index contributed by atoms with van der Waals surface area (Å²) < 4.78 is 0. The maximum atomic E-state index is 12.5. The first-order chi connectivity index (χ1) is 49.3. The molecule has 38 heteroatoms.